The molecule has 3 nitrogen and oxygen atoms in total. The summed E-state index contributed by atoms with van der Waals surface area (Å²) in [5, 5.41) is 11.1. The Morgan fingerprint density at radius 1 is 0.821 bits per heavy atom. The highest BCUT2D eigenvalue weighted by Gasteiger charge is 2.15. The van der Waals surface area contributed by atoms with Crippen molar-refractivity contribution in [2.45, 2.75) is 17.3 Å². The molecule has 0 fully saturated rings. The lowest BCUT2D eigenvalue weighted by Gasteiger charge is -2.11. The average molecular weight is 426 g/mol. The Balaban J connectivity index is 1.65. The van der Waals surface area contributed by atoms with Gasteiger partial charge < -0.3 is 0 Å². The fourth-order valence-corrected chi connectivity index (χ4v) is 4.43. The van der Waals surface area contributed by atoms with Gasteiger partial charge in [0.05, 0.1) is 0 Å². The standard InChI is InChI=1S/C22H17Cl2N3S/c23-18-12-11-17(20(24)14-18)15-28-22-26-25-21(13-16-7-3-1-4-8-16)27(22)19-9-5-2-6-10-19/h1-12,14H,13,15H2. The van der Waals surface area contributed by atoms with Crippen molar-refractivity contribution in [2.75, 3.05) is 0 Å². The van der Waals surface area contributed by atoms with Gasteiger partial charge >= 0.3 is 0 Å². The van der Waals surface area contributed by atoms with Gasteiger partial charge in [0.1, 0.15) is 5.82 Å². The van der Waals surface area contributed by atoms with E-state index >= 15 is 0 Å². The molecule has 0 aliphatic carbocycles. The van der Waals surface area contributed by atoms with Gasteiger partial charge in [-0.1, -0.05) is 89.6 Å². The molecule has 0 aliphatic rings. The molecule has 0 bridgehead atoms. The normalized spacial score (nSPS) is 10.9. The minimum atomic E-state index is 0.636. The molecular formula is C22H17Cl2N3S. The molecule has 28 heavy (non-hydrogen) atoms. The van der Waals surface area contributed by atoms with Crippen LogP contribution in [0, 0.1) is 0 Å². The fourth-order valence-electron chi connectivity index (χ4n) is 2.90. The molecule has 0 aliphatic heterocycles. The molecule has 3 aromatic carbocycles. The molecule has 0 unspecified atom stereocenters. The summed E-state index contributed by atoms with van der Waals surface area (Å²) < 4.78 is 2.11. The van der Waals surface area contributed by atoms with Gasteiger partial charge in [-0.3, -0.25) is 4.57 Å². The molecule has 1 heterocycles. The smallest absolute Gasteiger partial charge is 0.196 e. The number of benzene rings is 3. The lowest BCUT2D eigenvalue weighted by molar-refractivity contribution is 0.848. The molecule has 0 atom stereocenters. The second-order valence-corrected chi connectivity index (χ2v) is 8.04. The van der Waals surface area contributed by atoms with Crippen LogP contribution < -0.4 is 0 Å². The molecule has 0 saturated carbocycles. The predicted molar refractivity (Wildman–Crippen MR) is 117 cm³/mol. The van der Waals surface area contributed by atoms with Gasteiger partial charge in [0.15, 0.2) is 5.16 Å². The summed E-state index contributed by atoms with van der Waals surface area (Å²) in [7, 11) is 0. The SMILES string of the molecule is Clc1ccc(CSc2nnc(Cc3ccccc3)n2-c2ccccc2)c(Cl)c1. The van der Waals surface area contributed by atoms with E-state index in [4.69, 9.17) is 23.2 Å². The zero-order valence-corrected chi connectivity index (χ0v) is 17.3. The number of para-hydroxylation sites is 1. The van der Waals surface area contributed by atoms with Gasteiger partial charge in [0.2, 0.25) is 0 Å². The van der Waals surface area contributed by atoms with Gasteiger partial charge in [-0.25, -0.2) is 0 Å². The molecule has 0 radical (unpaired) electrons. The quantitative estimate of drug-likeness (QED) is 0.332. The molecular weight excluding hydrogens is 409 g/mol. The van der Waals surface area contributed by atoms with Crippen LogP contribution in [0.1, 0.15) is 17.0 Å². The lowest BCUT2D eigenvalue weighted by atomic mass is 10.1. The van der Waals surface area contributed by atoms with Crippen molar-refractivity contribution in [3.63, 3.8) is 0 Å². The first kappa shape index (κ1) is 19.1. The van der Waals surface area contributed by atoms with Gasteiger partial charge in [0, 0.05) is 27.9 Å². The van der Waals surface area contributed by atoms with Gasteiger partial charge in [0.25, 0.3) is 0 Å². The Morgan fingerprint density at radius 3 is 2.25 bits per heavy atom. The molecule has 0 amide bonds. The van der Waals surface area contributed by atoms with E-state index in [0.29, 0.717) is 22.2 Å². The van der Waals surface area contributed by atoms with Crippen molar-refractivity contribution in [1.82, 2.24) is 14.8 Å². The number of nitrogens with zero attached hydrogens (tertiary/aromatic N) is 3. The lowest BCUT2D eigenvalue weighted by Crippen LogP contribution is -2.03. The first-order valence-corrected chi connectivity index (χ1v) is 10.6. The molecule has 140 valence electrons. The first-order chi connectivity index (χ1) is 13.7. The fraction of sp³-hybridized carbons (Fsp3) is 0.0909. The highest BCUT2D eigenvalue weighted by molar-refractivity contribution is 7.98. The van der Waals surface area contributed by atoms with Crippen LogP contribution in [0.4, 0.5) is 0 Å². The number of halogens is 2. The van der Waals surface area contributed by atoms with Crippen LogP contribution in [0.25, 0.3) is 5.69 Å². The average Bonchev–Trinajstić information content (AvgIpc) is 3.11. The topological polar surface area (TPSA) is 30.7 Å². The number of hydrogen-bond acceptors (Lipinski definition) is 3. The Labute approximate surface area is 178 Å². The number of thioether (sulfide) groups is 1. The Hall–Kier alpha value is -2.27. The summed E-state index contributed by atoms with van der Waals surface area (Å²) in [4.78, 5) is 0. The van der Waals surface area contributed by atoms with Crippen LogP contribution in [-0.2, 0) is 12.2 Å². The van der Waals surface area contributed by atoms with Crippen molar-refractivity contribution >= 4 is 35.0 Å². The van der Waals surface area contributed by atoms with Gasteiger partial charge in [-0.2, -0.15) is 0 Å². The maximum Gasteiger partial charge on any atom is 0.196 e. The number of rotatable bonds is 6. The number of hydrogen-bond donors (Lipinski definition) is 0. The molecule has 0 N–H and O–H groups in total. The van der Waals surface area contributed by atoms with Crippen LogP contribution in [-0.4, -0.2) is 14.8 Å². The molecule has 6 heteroatoms. The highest BCUT2D eigenvalue weighted by atomic mass is 35.5. The summed E-state index contributed by atoms with van der Waals surface area (Å²) in [6.07, 6.45) is 0.713. The van der Waals surface area contributed by atoms with Crippen LogP contribution >= 0.6 is 35.0 Å². The Morgan fingerprint density at radius 2 is 1.54 bits per heavy atom. The second-order valence-electron chi connectivity index (χ2n) is 6.26. The van der Waals surface area contributed by atoms with E-state index < -0.39 is 0 Å². The van der Waals surface area contributed by atoms with E-state index in [1.165, 1.54) is 5.56 Å². The number of aromatic nitrogens is 3. The van der Waals surface area contributed by atoms with Crippen LogP contribution in [0.3, 0.4) is 0 Å². The second kappa shape index (κ2) is 8.82. The maximum absolute atomic E-state index is 6.32. The van der Waals surface area contributed by atoms with Crippen molar-refractivity contribution in [1.29, 1.82) is 0 Å². The largest absolute Gasteiger partial charge is 0.274 e. The summed E-state index contributed by atoms with van der Waals surface area (Å²) in [5.74, 6) is 1.59. The monoisotopic (exact) mass is 425 g/mol. The third-order valence-corrected chi connectivity index (χ3v) is 5.86. The highest BCUT2D eigenvalue weighted by Crippen LogP contribution is 2.30. The first-order valence-electron chi connectivity index (χ1n) is 8.81. The Kier molecular flexibility index (Phi) is 6.01. The Bertz CT molecular complexity index is 1070. The maximum atomic E-state index is 6.32. The van der Waals surface area contributed by atoms with E-state index in [9.17, 15) is 0 Å². The summed E-state index contributed by atoms with van der Waals surface area (Å²) in [6, 6.07) is 26.0. The minimum absolute atomic E-state index is 0.636. The summed E-state index contributed by atoms with van der Waals surface area (Å²) in [6.45, 7) is 0. The van der Waals surface area contributed by atoms with E-state index in [1.54, 1.807) is 17.8 Å². The summed E-state index contributed by atoms with van der Waals surface area (Å²) in [5.41, 5.74) is 3.26. The van der Waals surface area contributed by atoms with E-state index in [1.807, 2.05) is 48.5 Å². The van der Waals surface area contributed by atoms with Crippen LogP contribution in [0.15, 0.2) is 84.0 Å². The van der Waals surface area contributed by atoms with Crippen molar-refractivity contribution in [3.05, 3.63) is 106 Å². The third-order valence-electron chi connectivity index (χ3n) is 4.29. The zero-order valence-electron chi connectivity index (χ0n) is 14.9. The third kappa shape index (κ3) is 4.41. The van der Waals surface area contributed by atoms with E-state index in [-0.39, 0.29) is 0 Å². The van der Waals surface area contributed by atoms with Crippen molar-refractivity contribution < 1.29 is 0 Å². The predicted octanol–water partition coefficient (Wildman–Crippen LogP) is 6.46. The van der Waals surface area contributed by atoms with Gasteiger partial charge in [-0.15, -0.1) is 10.2 Å². The molecule has 4 aromatic rings. The molecule has 1 aromatic heterocycles. The van der Waals surface area contributed by atoms with Crippen molar-refractivity contribution in [2.24, 2.45) is 0 Å². The minimum Gasteiger partial charge on any atom is -0.274 e. The van der Waals surface area contributed by atoms with Crippen LogP contribution in [0.2, 0.25) is 10.0 Å². The van der Waals surface area contributed by atoms with E-state index in [0.717, 1.165) is 22.2 Å². The van der Waals surface area contributed by atoms with Crippen molar-refractivity contribution in [3.8, 4) is 5.69 Å². The van der Waals surface area contributed by atoms with Gasteiger partial charge in [-0.05, 0) is 35.4 Å². The molecule has 0 saturated heterocycles. The van der Waals surface area contributed by atoms with Crippen LogP contribution in [0.5, 0.6) is 0 Å². The van der Waals surface area contributed by atoms with E-state index in [2.05, 4.69) is 39.0 Å². The molecule has 0 spiro atoms. The zero-order chi connectivity index (χ0) is 19.3. The molecule has 4 rings (SSSR count). The summed E-state index contributed by atoms with van der Waals surface area (Å²) >= 11 is 13.9.